The molecule has 0 aromatic heterocycles. The Morgan fingerprint density at radius 1 is 0.778 bits per heavy atom. The van der Waals surface area contributed by atoms with Crippen LogP contribution in [0.4, 0.5) is 0 Å². The Morgan fingerprint density at radius 2 is 1.11 bits per heavy atom. The maximum atomic E-state index is 4.55. The monoisotopic (exact) mass is 126 g/mol. The summed E-state index contributed by atoms with van der Waals surface area (Å²) in [5.74, 6) is 1.58. The average molecular weight is 126 g/mol. The minimum Gasteiger partial charge on any atom is -0.235 e. The summed E-state index contributed by atoms with van der Waals surface area (Å²) in [6.07, 6.45) is 0. The molecule has 0 bridgehead atoms. The zero-order valence-electron chi connectivity index (χ0n) is 6.76. The summed E-state index contributed by atoms with van der Waals surface area (Å²) in [7, 11) is 0. The van der Waals surface area contributed by atoms with Gasteiger partial charge in [0.25, 0.3) is 0 Å². The first-order chi connectivity index (χ1) is 4.13. The van der Waals surface area contributed by atoms with Gasteiger partial charge in [0.1, 0.15) is 0 Å². The highest BCUT2D eigenvalue weighted by Crippen LogP contribution is 2.27. The second kappa shape index (κ2) is 2.30. The molecule has 1 radical (unpaired) electrons. The second-order valence-electron chi connectivity index (χ2n) is 3.35. The molecule has 1 heteroatoms. The predicted molar refractivity (Wildman–Crippen MR) is 39.4 cm³/mol. The SMILES string of the molecule is CC1[N]C(C)C(C)C1C. The lowest BCUT2D eigenvalue weighted by Crippen LogP contribution is -2.18. The van der Waals surface area contributed by atoms with Crippen molar-refractivity contribution in [3.05, 3.63) is 0 Å². The molecule has 9 heavy (non-hydrogen) atoms. The molecule has 1 fully saturated rings. The van der Waals surface area contributed by atoms with Crippen molar-refractivity contribution in [1.82, 2.24) is 5.32 Å². The van der Waals surface area contributed by atoms with Crippen LogP contribution in [0.3, 0.4) is 0 Å². The highest BCUT2D eigenvalue weighted by atomic mass is 15.0. The van der Waals surface area contributed by atoms with E-state index in [0.29, 0.717) is 12.1 Å². The van der Waals surface area contributed by atoms with E-state index in [2.05, 4.69) is 33.0 Å². The van der Waals surface area contributed by atoms with E-state index in [-0.39, 0.29) is 0 Å². The van der Waals surface area contributed by atoms with Gasteiger partial charge in [0.05, 0.1) is 0 Å². The lowest BCUT2D eigenvalue weighted by molar-refractivity contribution is 0.413. The summed E-state index contributed by atoms with van der Waals surface area (Å²) in [6.45, 7) is 9.01. The molecule has 4 unspecified atom stereocenters. The molecule has 0 aromatic rings. The van der Waals surface area contributed by atoms with Crippen molar-refractivity contribution in [2.75, 3.05) is 0 Å². The van der Waals surface area contributed by atoms with Crippen LogP contribution in [0.15, 0.2) is 0 Å². The van der Waals surface area contributed by atoms with Crippen LogP contribution in [-0.2, 0) is 0 Å². The Bertz CT molecular complexity index is 88.7. The van der Waals surface area contributed by atoms with E-state index in [1.807, 2.05) is 0 Å². The summed E-state index contributed by atoms with van der Waals surface area (Å²) in [5.41, 5.74) is 0. The molecule has 1 aliphatic rings. The van der Waals surface area contributed by atoms with Crippen molar-refractivity contribution in [2.24, 2.45) is 11.8 Å². The molecule has 0 saturated carbocycles. The van der Waals surface area contributed by atoms with Crippen LogP contribution in [-0.4, -0.2) is 12.1 Å². The molecule has 1 saturated heterocycles. The Kier molecular flexibility index (Phi) is 1.80. The largest absolute Gasteiger partial charge is 0.235 e. The number of nitrogens with zero attached hydrogens (tertiary/aromatic N) is 1. The van der Waals surface area contributed by atoms with Crippen molar-refractivity contribution in [1.29, 1.82) is 0 Å². The minimum absolute atomic E-state index is 0.593. The molecule has 0 amide bonds. The van der Waals surface area contributed by atoms with Gasteiger partial charge >= 0.3 is 0 Å². The molecular formula is C8H16N. The quantitative estimate of drug-likeness (QED) is 0.468. The smallest absolute Gasteiger partial charge is 0.0249 e. The summed E-state index contributed by atoms with van der Waals surface area (Å²) >= 11 is 0. The molecule has 0 aliphatic carbocycles. The first kappa shape index (κ1) is 7.07. The van der Waals surface area contributed by atoms with E-state index >= 15 is 0 Å². The molecule has 0 spiro atoms. The van der Waals surface area contributed by atoms with Gasteiger partial charge in [-0.1, -0.05) is 13.8 Å². The summed E-state index contributed by atoms with van der Waals surface area (Å²) < 4.78 is 0. The van der Waals surface area contributed by atoms with Gasteiger partial charge in [0, 0.05) is 12.1 Å². The first-order valence-electron chi connectivity index (χ1n) is 3.83. The van der Waals surface area contributed by atoms with Gasteiger partial charge in [-0.05, 0) is 25.7 Å². The van der Waals surface area contributed by atoms with Crippen LogP contribution >= 0.6 is 0 Å². The normalized spacial score (nSPS) is 52.0. The van der Waals surface area contributed by atoms with Crippen molar-refractivity contribution in [2.45, 2.75) is 39.8 Å². The third-order valence-corrected chi connectivity index (χ3v) is 2.82. The van der Waals surface area contributed by atoms with Crippen molar-refractivity contribution < 1.29 is 0 Å². The van der Waals surface area contributed by atoms with E-state index in [4.69, 9.17) is 0 Å². The highest BCUT2D eigenvalue weighted by Gasteiger charge is 2.32. The number of hydrogen-bond donors (Lipinski definition) is 0. The molecule has 1 rings (SSSR count). The Morgan fingerprint density at radius 3 is 1.22 bits per heavy atom. The molecule has 4 atom stereocenters. The predicted octanol–water partition coefficient (Wildman–Crippen LogP) is 1.65. The molecule has 53 valence electrons. The van der Waals surface area contributed by atoms with Gasteiger partial charge in [-0.3, -0.25) is 0 Å². The van der Waals surface area contributed by atoms with E-state index in [9.17, 15) is 0 Å². The second-order valence-corrected chi connectivity index (χ2v) is 3.35. The minimum atomic E-state index is 0.593. The van der Waals surface area contributed by atoms with Gasteiger partial charge in [-0.25, -0.2) is 5.32 Å². The standard InChI is InChI=1S/C8H16N/c1-5-6(2)8(4)9-7(5)3/h5-8H,1-4H3. The third kappa shape index (κ3) is 1.11. The fourth-order valence-electron chi connectivity index (χ4n) is 1.52. The Balaban J connectivity index is 2.54. The van der Waals surface area contributed by atoms with E-state index in [1.54, 1.807) is 0 Å². The Labute approximate surface area is 57.8 Å². The molecular weight excluding hydrogens is 110 g/mol. The van der Waals surface area contributed by atoms with Gasteiger partial charge in [0.2, 0.25) is 0 Å². The van der Waals surface area contributed by atoms with Gasteiger partial charge in [-0.2, -0.15) is 0 Å². The number of hydrogen-bond acceptors (Lipinski definition) is 0. The summed E-state index contributed by atoms with van der Waals surface area (Å²) in [6, 6.07) is 1.19. The lowest BCUT2D eigenvalue weighted by Gasteiger charge is -2.11. The molecule has 1 heterocycles. The van der Waals surface area contributed by atoms with E-state index in [0.717, 1.165) is 11.8 Å². The summed E-state index contributed by atoms with van der Waals surface area (Å²) in [5, 5.41) is 4.55. The molecule has 0 N–H and O–H groups in total. The maximum Gasteiger partial charge on any atom is 0.0249 e. The molecule has 0 aromatic carbocycles. The molecule has 1 aliphatic heterocycles. The van der Waals surface area contributed by atoms with Crippen LogP contribution in [0, 0.1) is 11.8 Å². The lowest BCUT2D eigenvalue weighted by atomic mass is 9.92. The van der Waals surface area contributed by atoms with E-state index in [1.165, 1.54) is 0 Å². The van der Waals surface area contributed by atoms with Crippen molar-refractivity contribution >= 4 is 0 Å². The van der Waals surface area contributed by atoms with Crippen molar-refractivity contribution in [3.63, 3.8) is 0 Å². The van der Waals surface area contributed by atoms with Crippen LogP contribution in [0.5, 0.6) is 0 Å². The first-order valence-corrected chi connectivity index (χ1v) is 3.83. The zero-order chi connectivity index (χ0) is 7.02. The summed E-state index contributed by atoms with van der Waals surface area (Å²) in [4.78, 5) is 0. The van der Waals surface area contributed by atoms with E-state index < -0.39 is 0 Å². The fraction of sp³-hybridized carbons (Fsp3) is 1.00. The zero-order valence-corrected chi connectivity index (χ0v) is 6.76. The van der Waals surface area contributed by atoms with Crippen LogP contribution in [0.25, 0.3) is 0 Å². The van der Waals surface area contributed by atoms with Crippen molar-refractivity contribution in [3.8, 4) is 0 Å². The maximum absolute atomic E-state index is 4.55. The Hall–Kier alpha value is -0.0400. The third-order valence-electron chi connectivity index (χ3n) is 2.82. The van der Waals surface area contributed by atoms with Gasteiger partial charge in [0.15, 0.2) is 0 Å². The van der Waals surface area contributed by atoms with Crippen LogP contribution in [0.1, 0.15) is 27.7 Å². The highest BCUT2D eigenvalue weighted by molar-refractivity contribution is 4.87. The average Bonchev–Trinajstić information content (AvgIpc) is 1.98. The fourth-order valence-corrected chi connectivity index (χ4v) is 1.52. The van der Waals surface area contributed by atoms with Crippen LogP contribution < -0.4 is 5.32 Å². The topological polar surface area (TPSA) is 14.1 Å². The van der Waals surface area contributed by atoms with Gasteiger partial charge < -0.3 is 0 Å². The molecule has 1 nitrogen and oxygen atoms in total. The van der Waals surface area contributed by atoms with Gasteiger partial charge in [-0.15, -0.1) is 0 Å². The van der Waals surface area contributed by atoms with Crippen LogP contribution in [0.2, 0.25) is 0 Å². The number of rotatable bonds is 0.